The molecule has 16 heavy (non-hydrogen) atoms. The largest absolute Gasteiger partial charge is 0.384 e. The molecule has 1 aromatic rings. The van der Waals surface area contributed by atoms with Crippen molar-refractivity contribution in [2.75, 3.05) is 13.1 Å². The first-order valence-corrected chi connectivity index (χ1v) is 6.39. The number of hydrogen-bond acceptors (Lipinski definition) is 3. The van der Waals surface area contributed by atoms with Crippen molar-refractivity contribution in [1.82, 2.24) is 15.1 Å². The van der Waals surface area contributed by atoms with E-state index >= 15 is 0 Å². The molecule has 0 aliphatic heterocycles. The summed E-state index contributed by atoms with van der Waals surface area (Å²) in [4.78, 5) is 0. The predicted molar refractivity (Wildman–Crippen MR) is 68.3 cm³/mol. The summed E-state index contributed by atoms with van der Waals surface area (Å²) in [6.07, 6.45) is 3.49. The Bertz CT molecular complexity index is 316. The van der Waals surface area contributed by atoms with E-state index in [1.54, 1.807) is 10.9 Å². The first kappa shape index (κ1) is 13.7. The van der Waals surface area contributed by atoms with Crippen molar-refractivity contribution in [3.63, 3.8) is 0 Å². The van der Waals surface area contributed by atoms with Gasteiger partial charge >= 0.3 is 0 Å². The van der Waals surface area contributed by atoms with Gasteiger partial charge in [-0.2, -0.15) is 5.10 Å². The van der Waals surface area contributed by atoms with E-state index in [9.17, 15) is 5.11 Å². The van der Waals surface area contributed by atoms with Gasteiger partial charge in [0, 0.05) is 7.05 Å². The van der Waals surface area contributed by atoms with Gasteiger partial charge in [0.15, 0.2) is 0 Å². The van der Waals surface area contributed by atoms with Crippen molar-refractivity contribution >= 4 is 15.9 Å². The Labute approximate surface area is 105 Å². The molecule has 5 heteroatoms. The zero-order valence-electron chi connectivity index (χ0n) is 10.1. The van der Waals surface area contributed by atoms with Crippen molar-refractivity contribution < 1.29 is 5.11 Å². The van der Waals surface area contributed by atoms with Crippen LogP contribution in [-0.4, -0.2) is 28.0 Å². The fraction of sp³-hybridized carbons (Fsp3) is 0.727. The van der Waals surface area contributed by atoms with Crippen molar-refractivity contribution in [2.24, 2.45) is 7.05 Å². The quantitative estimate of drug-likeness (QED) is 0.785. The van der Waals surface area contributed by atoms with Gasteiger partial charge in [-0.15, -0.1) is 0 Å². The summed E-state index contributed by atoms with van der Waals surface area (Å²) in [5, 5.41) is 17.8. The van der Waals surface area contributed by atoms with Crippen molar-refractivity contribution in [1.29, 1.82) is 0 Å². The maximum absolute atomic E-state index is 10.4. The molecule has 0 saturated heterocycles. The Morgan fingerprint density at radius 3 is 2.75 bits per heavy atom. The third-order valence-electron chi connectivity index (χ3n) is 2.62. The Morgan fingerprint density at radius 1 is 1.56 bits per heavy atom. The zero-order valence-corrected chi connectivity index (χ0v) is 11.7. The highest BCUT2D eigenvalue weighted by Gasteiger charge is 2.28. The second-order valence-corrected chi connectivity index (χ2v) is 5.09. The topological polar surface area (TPSA) is 50.1 Å². The van der Waals surface area contributed by atoms with Gasteiger partial charge in [-0.05, 0) is 48.8 Å². The molecular formula is C11H20BrN3O. The molecule has 4 nitrogen and oxygen atoms in total. The van der Waals surface area contributed by atoms with E-state index in [2.05, 4.69) is 33.3 Å². The lowest BCUT2D eigenvalue weighted by atomic mass is 9.98. The molecule has 0 spiro atoms. The van der Waals surface area contributed by atoms with Gasteiger partial charge in [0.2, 0.25) is 0 Å². The summed E-state index contributed by atoms with van der Waals surface area (Å²) < 4.78 is 2.57. The predicted octanol–water partition coefficient (Wildman–Crippen LogP) is 1.78. The summed E-state index contributed by atoms with van der Waals surface area (Å²) in [7, 11) is 1.84. The summed E-state index contributed by atoms with van der Waals surface area (Å²) >= 11 is 3.41. The van der Waals surface area contributed by atoms with Gasteiger partial charge in [0.25, 0.3) is 0 Å². The van der Waals surface area contributed by atoms with E-state index in [4.69, 9.17) is 0 Å². The normalized spacial score (nSPS) is 15.1. The fourth-order valence-corrected chi connectivity index (χ4v) is 2.54. The minimum absolute atomic E-state index is 0.672. The second-order valence-electron chi connectivity index (χ2n) is 4.24. The summed E-state index contributed by atoms with van der Waals surface area (Å²) in [5.74, 6) is 0. The standard InChI is InChI=1S/C11H20BrN3O/c1-4-6-13-7-5-11(2,16)10-9(12)8-14-15(10)3/h8,13,16H,4-7H2,1-3H3. The Morgan fingerprint density at radius 2 is 2.25 bits per heavy atom. The van der Waals surface area contributed by atoms with E-state index in [1.165, 1.54) is 0 Å². The van der Waals surface area contributed by atoms with E-state index in [-0.39, 0.29) is 0 Å². The zero-order chi connectivity index (χ0) is 12.2. The maximum Gasteiger partial charge on any atom is 0.106 e. The van der Waals surface area contributed by atoms with E-state index in [0.717, 1.165) is 29.7 Å². The van der Waals surface area contributed by atoms with Crippen molar-refractivity contribution in [2.45, 2.75) is 32.3 Å². The average Bonchev–Trinajstić information content (AvgIpc) is 2.54. The lowest BCUT2D eigenvalue weighted by Gasteiger charge is -2.24. The lowest BCUT2D eigenvalue weighted by Crippen LogP contribution is -2.30. The number of nitrogens with one attached hydrogen (secondary N) is 1. The minimum Gasteiger partial charge on any atom is -0.384 e. The van der Waals surface area contributed by atoms with Crippen molar-refractivity contribution in [3.8, 4) is 0 Å². The smallest absolute Gasteiger partial charge is 0.106 e. The molecule has 0 saturated carbocycles. The highest BCUT2D eigenvalue weighted by Crippen LogP contribution is 2.29. The van der Waals surface area contributed by atoms with Gasteiger partial charge < -0.3 is 10.4 Å². The van der Waals surface area contributed by atoms with Crippen molar-refractivity contribution in [3.05, 3.63) is 16.4 Å². The monoisotopic (exact) mass is 289 g/mol. The fourth-order valence-electron chi connectivity index (χ4n) is 1.77. The van der Waals surface area contributed by atoms with Crippen LogP contribution in [0, 0.1) is 0 Å². The van der Waals surface area contributed by atoms with Crippen LogP contribution in [0.4, 0.5) is 0 Å². The molecule has 0 aliphatic carbocycles. The molecule has 2 N–H and O–H groups in total. The van der Waals surface area contributed by atoms with Crippen LogP contribution in [0.15, 0.2) is 10.7 Å². The number of hydrogen-bond donors (Lipinski definition) is 2. The molecule has 0 fully saturated rings. The Balaban J connectivity index is 2.63. The SMILES string of the molecule is CCCNCCC(C)(O)c1c(Br)cnn1C. The summed E-state index contributed by atoms with van der Waals surface area (Å²) in [6.45, 7) is 5.74. The highest BCUT2D eigenvalue weighted by atomic mass is 79.9. The molecule has 1 heterocycles. The molecule has 0 aliphatic rings. The number of nitrogens with zero attached hydrogens (tertiary/aromatic N) is 2. The Hall–Kier alpha value is -0.390. The molecule has 1 rings (SSSR count). The molecule has 1 aromatic heterocycles. The molecule has 92 valence electrons. The molecule has 0 bridgehead atoms. The van der Waals surface area contributed by atoms with Crippen LogP contribution in [0.5, 0.6) is 0 Å². The maximum atomic E-state index is 10.4. The highest BCUT2D eigenvalue weighted by molar-refractivity contribution is 9.10. The molecule has 1 atom stereocenters. The van der Waals surface area contributed by atoms with Crippen LogP contribution >= 0.6 is 15.9 Å². The van der Waals surface area contributed by atoms with E-state index < -0.39 is 5.60 Å². The van der Waals surface area contributed by atoms with Gasteiger partial charge in [-0.1, -0.05) is 6.92 Å². The number of rotatable bonds is 6. The summed E-state index contributed by atoms with van der Waals surface area (Å²) in [6, 6.07) is 0. The first-order chi connectivity index (χ1) is 7.49. The lowest BCUT2D eigenvalue weighted by molar-refractivity contribution is 0.0390. The van der Waals surface area contributed by atoms with Crippen LogP contribution in [-0.2, 0) is 12.6 Å². The van der Waals surface area contributed by atoms with Crippen LogP contribution in [0.25, 0.3) is 0 Å². The molecule has 0 radical (unpaired) electrons. The van der Waals surface area contributed by atoms with Crippen LogP contribution in [0.3, 0.4) is 0 Å². The molecule has 0 aromatic carbocycles. The average molecular weight is 290 g/mol. The number of aromatic nitrogens is 2. The van der Waals surface area contributed by atoms with Gasteiger partial charge in [-0.25, -0.2) is 0 Å². The second kappa shape index (κ2) is 5.80. The first-order valence-electron chi connectivity index (χ1n) is 5.60. The number of halogens is 1. The molecule has 1 unspecified atom stereocenters. The molecule has 0 amide bonds. The molecular weight excluding hydrogens is 270 g/mol. The van der Waals surface area contributed by atoms with Crippen LogP contribution in [0.2, 0.25) is 0 Å². The summed E-state index contributed by atoms with van der Waals surface area (Å²) in [5.41, 5.74) is -0.0315. The van der Waals surface area contributed by atoms with E-state index in [0.29, 0.717) is 6.42 Å². The van der Waals surface area contributed by atoms with Gasteiger partial charge in [0.05, 0.1) is 16.4 Å². The van der Waals surface area contributed by atoms with Gasteiger partial charge in [0.1, 0.15) is 5.60 Å². The van der Waals surface area contributed by atoms with Crippen LogP contribution < -0.4 is 5.32 Å². The Kier molecular flexibility index (Phi) is 4.95. The number of aryl methyl sites for hydroxylation is 1. The van der Waals surface area contributed by atoms with Gasteiger partial charge in [-0.3, -0.25) is 4.68 Å². The third kappa shape index (κ3) is 3.30. The van der Waals surface area contributed by atoms with Crippen LogP contribution in [0.1, 0.15) is 32.4 Å². The van der Waals surface area contributed by atoms with E-state index in [1.807, 2.05) is 14.0 Å². The minimum atomic E-state index is -0.856. The third-order valence-corrected chi connectivity index (χ3v) is 3.20. The number of aliphatic hydroxyl groups is 1.